The molecule has 0 aliphatic heterocycles. The highest BCUT2D eigenvalue weighted by Gasteiger charge is 2.18. The standard InChI is InChI=1S/C24H16ClF3O2S.C18H13BrF2O2S/c1-2-30-24(29)15-8-14(9-18(27)10-15)20-3-4-22(28)21-12-19(31-23(20)21)7-13-5-16(25)11-17(26)6-13;1-2-23-18(22)11-5-10(6-12(20)7-11)14-3-4-16(21)15-8-13(9-19)24-17(14)15/h3-6,8-12H,2,7H2,1H3;3-8H,2,9H2,1H3. The molecule has 5 aromatic carbocycles. The van der Waals surface area contributed by atoms with Crippen LogP contribution in [0.3, 0.4) is 0 Å². The lowest BCUT2D eigenvalue weighted by molar-refractivity contribution is 0.0516. The van der Waals surface area contributed by atoms with Crippen LogP contribution in [0.5, 0.6) is 0 Å². The van der Waals surface area contributed by atoms with E-state index in [-0.39, 0.29) is 35.2 Å². The lowest BCUT2D eigenvalue weighted by Gasteiger charge is -2.08. The van der Waals surface area contributed by atoms with Gasteiger partial charge >= 0.3 is 11.9 Å². The van der Waals surface area contributed by atoms with Gasteiger partial charge in [0.15, 0.2) is 0 Å². The molecule has 2 heterocycles. The molecule has 0 saturated carbocycles. The molecular formula is C42H29BrClF5O4S2. The molecule has 0 atom stereocenters. The highest BCUT2D eigenvalue weighted by Crippen LogP contribution is 2.39. The van der Waals surface area contributed by atoms with Crippen molar-refractivity contribution in [1.82, 2.24) is 0 Å². The summed E-state index contributed by atoms with van der Waals surface area (Å²) in [5, 5.41) is 1.77. The van der Waals surface area contributed by atoms with Crippen molar-refractivity contribution in [2.75, 3.05) is 13.2 Å². The number of esters is 2. The first kappa shape index (κ1) is 40.1. The molecule has 0 radical (unpaired) electrons. The second kappa shape index (κ2) is 17.5. The molecule has 7 aromatic rings. The molecule has 2 aromatic heterocycles. The Morgan fingerprint density at radius 2 is 1.09 bits per heavy atom. The van der Waals surface area contributed by atoms with Crippen LogP contribution in [0.4, 0.5) is 22.0 Å². The molecule has 0 unspecified atom stereocenters. The predicted octanol–water partition coefficient (Wildman–Crippen LogP) is 13.3. The smallest absolute Gasteiger partial charge is 0.338 e. The van der Waals surface area contributed by atoms with Gasteiger partial charge in [0.25, 0.3) is 0 Å². The second-order valence-corrected chi connectivity index (χ2v) is 15.4. The normalized spacial score (nSPS) is 11.1. The van der Waals surface area contributed by atoms with Crippen LogP contribution < -0.4 is 0 Å². The number of ether oxygens (including phenoxy) is 2. The highest BCUT2D eigenvalue weighted by molar-refractivity contribution is 9.08. The third kappa shape index (κ3) is 9.27. The first-order chi connectivity index (χ1) is 26.4. The van der Waals surface area contributed by atoms with Gasteiger partial charge in [0.05, 0.1) is 24.3 Å². The molecule has 0 spiro atoms. The van der Waals surface area contributed by atoms with Crippen molar-refractivity contribution >= 4 is 82.3 Å². The Balaban J connectivity index is 0.000000193. The van der Waals surface area contributed by atoms with E-state index in [1.807, 2.05) is 0 Å². The predicted molar refractivity (Wildman–Crippen MR) is 213 cm³/mol. The lowest BCUT2D eigenvalue weighted by atomic mass is 10.0. The van der Waals surface area contributed by atoms with E-state index in [9.17, 15) is 31.5 Å². The average molecular weight is 872 g/mol. The fourth-order valence-corrected chi connectivity index (χ4v) is 9.01. The summed E-state index contributed by atoms with van der Waals surface area (Å²) >= 11 is 12.1. The van der Waals surface area contributed by atoms with Gasteiger partial charge in [-0.25, -0.2) is 31.5 Å². The third-order valence-electron chi connectivity index (χ3n) is 8.23. The van der Waals surface area contributed by atoms with Gasteiger partial charge in [0, 0.05) is 46.7 Å². The Morgan fingerprint density at radius 1 is 0.618 bits per heavy atom. The van der Waals surface area contributed by atoms with Gasteiger partial charge in [0.1, 0.15) is 29.1 Å². The summed E-state index contributed by atoms with van der Waals surface area (Å²) in [4.78, 5) is 25.7. The molecule has 0 saturated heterocycles. The van der Waals surface area contributed by atoms with Crippen LogP contribution in [0, 0.1) is 29.1 Å². The molecule has 0 fully saturated rings. The molecule has 0 aliphatic rings. The average Bonchev–Trinajstić information content (AvgIpc) is 3.77. The number of carbonyl (C=O) groups excluding carboxylic acids is 2. The molecule has 282 valence electrons. The van der Waals surface area contributed by atoms with E-state index in [1.165, 1.54) is 65.1 Å². The van der Waals surface area contributed by atoms with Crippen molar-refractivity contribution < 1.29 is 41.0 Å². The monoisotopic (exact) mass is 870 g/mol. The van der Waals surface area contributed by atoms with E-state index < -0.39 is 35.2 Å². The maximum absolute atomic E-state index is 14.5. The number of thiophene rings is 2. The molecule has 0 amide bonds. The quantitative estimate of drug-likeness (QED) is 0.0824. The Hall–Kier alpha value is -4.62. The van der Waals surface area contributed by atoms with Crippen LogP contribution >= 0.6 is 50.2 Å². The zero-order chi connectivity index (χ0) is 39.4. The van der Waals surface area contributed by atoms with Crippen molar-refractivity contribution in [1.29, 1.82) is 0 Å². The Labute approximate surface area is 334 Å². The van der Waals surface area contributed by atoms with Crippen LogP contribution in [-0.4, -0.2) is 25.2 Å². The molecule has 13 heteroatoms. The maximum atomic E-state index is 14.5. The van der Waals surface area contributed by atoms with E-state index in [0.717, 1.165) is 26.6 Å². The van der Waals surface area contributed by atoms with Gasteiger partial charge in [-0.15, -0.1) is 22.7 Å². The van der Waals surface area contributed by atoms with Crippen molar-refractivity contribution in [3.63, 3.8) is 0 Å². The number of hydrogen-bond acceptors (Lipinski definition) is 6. The summed E-state index contributed by atoms with van der Waals surface area (Å²) in [5.74, 6) is -3.52. The first-order valence-electron chi connectivity index (χ1n) is 16.8. The number of alkyl halides is 1. The van der Waals surface area contributed by atoms with Crippen molar-refractivity contribution in [2.45, 2.75) is 25.6 Å². The molecule has 55 heavy (non-hydrogen) atoms. The Morgan fingerprint density at radius 3 is 1.56 bits per heavy atom. The second-order valence-electron chi connectivity index (χ2n) is 12.1. The van der Waals surface area contributed by atoms with Gasteiger partial charge in [-0.3, -0.25) is 0 Å². The minimum absolute atomic E-state index is 0.0838. The zero-order valence-electron chi connectivity index (χ0n) is 29.1. The van der Waals surface area contributed by atoms with E-state index in [0.29, 0.717) is 55.0 Å². The Bertz CT molecular complexity index is 2550. The minimum atomic E-state index is -0.628. The van der Waals surface area contributed by atoms with Crippen molar-refractivity contribution in [2.24, 2.45) is 0 Å². The van der Waals surface area contributed by atoms with Crippen molar-refractivity contribution in [3.8, 4) is 22.3 Å². The van der Waals surface area contributed by atoms with E-state index in [4.69, 9.17) is 21.1 Å². The fraction of sp³-hybridized carbons (Fsp3) is 0.143. The van der Waals surface area contributed by atoms with Crippen LogP contribution in [0.2, 0.25) is 5.02 Å². The van der Waals surface area contributed by atoms with Crippen LogP contribution in [0.15, 0.2) is 91.0 Å². The number of carbonyl (C=O) groups is 2. The molecule has 0 aliphatic carbocycles. The summed E-state index contributed by atoms with van der Waals surface area (Å²) in [6.45, 7) is 3.74. The van der Waals surface area contributed by atoms with Gasteiger partial charge in [0.2, 0.25) is 0 Å². The number of fused-ring (bicyclic) bond motifs is 2. The van der Waals surface area contributed by atoms with Crippen LogP contribution in [0.25, 0.3) is 42.4 Å². The molecule has 0 N–H and O–H groups in total. The third-order valence-corrected chi connectivity index (χ3v) is 11.8. The first-order valence-corrected chi connectivity index (χ1v) is 19.9. The fourth-order valence-electron chi connectivity index (χ4n) is 5.96. The molecular weight excluding hydrogens is 843 g/mol. The minimum Gasteiger partial charge on any atom is -0.462 e. The number of halogens is 7. The largest absolute Gasteiger partial charge is 0.462 e. The van der Waals surface area contributed by atoms with Gasteiger partial charge in [-0.05, 0) is 121 Å². The zero-order valence-corrected chi connectivity index (χ0v) is 33.1. The summed E-state index contributed by atoms with van der Waals surface area (Å²) < 4.78 is 81.7. The summed E-state index contributed by atoms with van der Waals surface area (Å²) in [5.41, 5.74) is 3.13. The lowest BCUT2D eigenvalue weighted by Crippen LogP contribution is -2.05. The highest BCUT2D eigenvalue weighted by atomic mass is 79.9. The van der Waals surface area contributed by atoms with Crippen LogP contribution in [0.1, 0.15) is 49.9 Å². The van der Waals surface area contributed by atoms with Gasteiger partial charge in [-0.2, -0.15) is 0 Å². The Kier molecular flexibility index (Phi) is 12.7. The SMILES string of the molecule is CCOC(=O)c1cc(F)cc(-c2ccc(F)c3cc(CBr)sc23)c1.CCOC(=O)c1cc(F)cc(-c2ccc(F)c3cc(Cc4cc(F)cc(Cl)c4)sc23)c1. The molecule has 7 rings (SSSR count). The van der Waals surface area contributed by atoms with Gasteiger partial charge in [-0.1, -0.05) is 39.7 Å². The van der Waals surface area contributed by atoms with Crippen molar-refractivity contribution in [3.05, 3.63) is 152 Å². The number of benzene rings is 5. The van der Waals surface area contributed by atoms with Gasteiger partial charge < -0.3 is 9.47 Å². The number of rotatable bonds is 9. The van der Waals surface area contributed by atoms with E-state index in [1.54, 1.807) is 50.2 Å². The summed E-state index contributed by atoms with van der Waals surface area (Å²) in [6.07, 6.45) is 0.368. The number of hydrogen-bond donors (Lipinski definition) is 0. The van der Waals surface area contributed by atoms with Crippen LogP contribution in [-0.2, 0) is 21.2 Å². The maximum Gasteiger partial charge on any atom is 0.338 e. The summed E-state index contributed by atoms with van der Waals surface area (Å²) in [6, 6.07) is 21.5. The summed E-state index contributed by atoms with van der Waals surface area (Å²) in [7, 11) is 0. The van der Waals surface area contributed by atoms with E-state index in [2.05, 4.69) is 15.9 Å². The molecule has 4 nitrogen and oxygen atoms in total. The topological polar surface area (TPSA) is 52.6 Å². The molecule has 0 bridgehead atoms. The van der Waals surface area contributed by atoms with E-state index >= 15 is 0 Å².